The predicted molar refractivity (Wildman–Crippen MR) is 97.0 cm³/mol. The second kappa shape index (κ2) is 7.18. The molecule has 0 fully saturated rings. The fraction of sp³-hybridized carbons (Fsp3) is 0.263. The minimum Gasteiger partial charge on any atom is -0.287 e. The van der Waals surface area contributed by atoms with Gasteiger partial charge in [0.15, 0.2) is 5.16 Å². The van der Waals surface area contributed by atoms with E-state index in [0.29, 0.717) is 22.6 Å². The van der Waals surface area contributed by atoms with Crippen LogP contribution >= 0.6 is 11.8 Å². The van der Waals surface area contributed by atoms with Crippen molar-refractivity contribution in [1.29, 1.82) is 0 Å². The van der Waals surface area contributed by atoms with E-state index in [-0.39, 0.29) is 16.6 Å². The van der Waals surface area contributed by atoms with Gasteiger partial charge in [0.1, 0.15) is 5.82 Å². The van der Waals surface area contributed by atoms with E-state index in [9.17, 15) is 9.18 Å². The summed E-state index contributed by atoms with van der Waals surface area (Å²) in [6, 6.07) is 13.9. The first kappa shape index (κ1) is 16.7. The molecule has 3 aromatic rings. The van der Waals surface area contributed by atoms with Crippen molar-refractivity contribution in [2.24, 2.45) is 0 Å². The van der Waals surface area contributed by atoms with Crippen molar-refractivity contribution in [2.75, 3.05) is 0 Å². The topological polar surface area (TPSA) is 34.9 Å². The Morgan fingerprint density at radius 2 is 1.88 bits per heavy atom. The van der Waals surface area contributed by atoms with Gasteiger partial charge in [-0.05, 0) is 43.2 Å². The molecule has 1 unspecified atom stereocenters. The molecule has 1 atom stereocenters. The summed E-state index contributed by atoms with van der Waals surface area (Å²) in [5.41, 5.74) is 1.71. The first-order valence-electron chi connectivity index (χ1n) is 8.02. The van der Waals surface area contributed by atoms with E-state index in [2.05, 4.69) is 4.98 Å². The Bertz CT molecular complexity index is 905. The molecule has 0 aliphatic carbocycles. The molecule has 1 heterocycles. The fourth-order valence-corrected chi connectivity index (χ4v) is 3.68. The van der Waals surface area contributed by atoms with Gasteiger partial charge in [-0.3, -0.25) is 9.36 Å². The lowest BCUT2D eigenvalue weighted by atomic mass is 10.2. The van der Waals surface area contributed by atoms with Crippen molar-refractivity contribution in [2.45, 2.75) is 37.2 Å². The van der Waals surface area contributed by atoms with Crippen LogP contribution in [0.3, 0.4) is 0 Å². The van der Waals surface area contributed by atoms with Crippen molar-refractivity contribution in [3.05, 3.63) is 70.3 Å². The summed E-state index contributed by atoms with van der Waals surface area (Å²) >= 11 is 1.53. The van der Waals surface area contributed by atoms with E-state index < -0.39 is 0 Å². The van der Waals surface area contributed by atoms with E-state index in [1.54, 1.807) is 16.7 Å². The summed E-state index contributed by atoms with van der Waals surface area (Å²) < 4.78 is 14.8. The third-order valence-electron chi connectivity index (χ3n) is 3.90. The Morgan fingerprint density at radius 1 is 1.17 bits per heavy atom. The maximum Gasteiger partial charge on any atom is 0.262 e. The fourth-order valence-electron chi connectivity index (χ4n) is 2.62. The lowest BCUT2D eigenvalue weighted by Gasteiger charge is -2.16. The Morgan fingerprint density at radius 3 is 2.58 bits per heavy atom. The SMILES string of the molecule is CCCn1c(SC(C)c2ccc(F)cc2)nc2ccccc2c1=O. The lowest BCUT2D eigenvalue weighted by molar-refractivity contribution is 0.584. The molecule has 24 heavy (non-hydrogen) atoms. The molecule has 0 saturated heterocycles. The van der Waals surface area contributed by atoms with Crippen LogP contribution in [-0.2, 0) is 6.54 Å². The highest BCUT2D eigenvalue weighted by Crippen LogP contribution is 2.33. The second-order valence-corrected chi connectivity index (χ2v) is 6.99. The molecule has 0 spiro atoms. The van der Waals surface area contributed by atoms with Crippen LogP contribution in [-0.4, -0.2) is 9.55 Å². The maximum absolute atomic E-state index is 13.1. The average Bonchev–Trinajstić information content (AvgIpc) is 2.59. The number of halogens is 1. The van der Waals surface area contributed by atoms with E-state index in [4.69, 9.17) is 0 Å². The largest absolute Gasteiger partial charge is 0.287 e. The Kier molecular flexibility index (Phi) is 5.00. The van der Waals surface area contributed by atoms with Gasteiger partial charge in [0.2, 0.25) is 0 Å². The number of rotatable bonds is 5. The summed E-state index contributed by atoms with van der Waals surface area (Å²) in [4.78, 5) is 17.5. The third kappa shape index (κ3) is 3.36. The summed E-state index contributed by atoms with van der Waals surface area (Å²) in [6.45, 7) is 4.71. The molecule has 2 aromatic carbocycles. The van der Waals surface area contributed by atoms with Crippen molar-refractivity contribution in [1.82, 2.24) is 9.55 Å². The highest BCUT2D eigenvalue weighted by atomic mass is 32.2. The highest BCUT2D eigenvalue weighted by molar-refractivity contribution is 7.99. The molecule has 3 rings (SSSR count). The highest BCUT2D eigenvalue weighted by Gasteiger charge is 2.15. The minimum atomic E-state index is -0.248. The molecule has 0 N–H and O–H groups in total. The van der Waals surface area contributed by atoms with E-state index in [0.717, 1.165) is 12.0 Å². The number of nitrogens with zero attached hydrogens (tertiary/aromatic N) is 2. The van der Waals surface area contributed by atoms with E-state index in [1.165, 1.54) is 23.9 Å². The number of benzene rings is 2. The summed E-state index contributed by atoms with van der Waals surface area (Å²) in [5, 5.41) is 1.42. The van der Waals surface area contributed by atoms with Crippen LogP contribution in [0.2, 0.25) is 0 Å². The maximum atomic E-state index is 13.1. The van der Waals surface area contributed by atoms with Crippen molar-refractivity contribution >= 4 is 22.7 Å². The van der Waals surface area contributed by atoms with Crippen molar-refractivity contribution in [3.8, 4) is 0 Å². The zero-order valence-electron chi connectivity index (χ0n) is 13.7. The van der Waals surface area contributed by atoms with Gasteiger partial charge in [0, 0.05) is 11.8 Å². The normalized spacial score (nSPS) is 12.5. The van der Waals surface area contributed by atoms with Crippen LogP contribution in [0.15, 0.2) is 58.5 Å². The van der Waals surface area contributed by atoms with Gasteiger partial charge in [-0.25, -0.2) is 9.37 Å². The summed E-state index contributed by atoms with van der Waals surface area (Å²) in [7, 11) is 0. The predicted octanol–water partition coefficient (Wildman–Crippen LogP) is 4.80. The van der Waals surface area contributed by atoms with Gasteiger partial charge in [-0.1, -0.05) is 43.0 Å². The number of aromatic nitrogens is 2. The van der Waals surface area contributed by atoms with Gasteiger partial charge < -0.3 is 0 Å². The monoisotopic (exact) mass is 342 g/mol. The number of para-hydroxylation sites is 1. The second-order valence-electron chi connectivity index (χ2n) is 5.68. The molecule has 0 aliphatic rings. The molecule has 5 heteroatoms. The molecular weight excluding hydrogens is 323 g/mol. The van der Waals surface area contributed by atoms with E-state index in [1.807, 2.05) is 38.1 Å². The average molecular weight is 342 g/mol. The van der Waals surface area contributed by atoms with Crippen LogP contribution in [0.25, 0.3) is 10.9 Å². The van der Waals surface area contributed by atoms with Gasteiger partial charge in [0.05, 0.1) is 10.9 Å². The molecule has 124 valence electrons. The molecule has 0 bridgehead atoms. The molecule has 3 nitrogen and oxygen atoms in total. The molecule has 0 saturated carbocycles. The van der Waals surface area contributed by atoms with Gasteiger partial charge in [0.25, 0.3) is 5.56 Å². The Labute approximate surface area is 144 Å². The standard InChI is InChI=1S/C19H19FN2OS/c1-3-12-22-18(23)16-6-4-5-7-17(16)21-19(22)24-13(2)14-8-10-15(20)11-9-14/h4-11,13H,3,12H2,1-2H3. The number of hydrogen-bond donors (Lipinski definition) is 0. The van der Waals surface area contributed by atoms with Crippen LogP contribution in [0, 0.1) is 5.82 Å². The van der Waals surface area contributed by atoms with Gasteiger partial charge in [-0.15, -0.1) is 0 Å². The smallest absolute Gasteiger partial charge is 0.262 e. The zero-order valence-corrected chi connectivity index (χ0v) is 14.5. The van der Waals surface area contributed by atoms with Gasteiger partial charge >= 0.3 is 0 Å². The zero-order chi connectivity index (χ0) is 17.1. The Hall–Kier alpha value is -2.14. The molecular formula is C19H19FN2OS. The first-order chi connectivity index (χ1) is 11.6. The van der Waals surface area contributed by atoms with Crippen LogP contribution in [0.5, 0.6) is 0 Å². The summed E-state index contributed by atoms with van der Waals surface area (Å²) in [6.07, 6.45) is 0.860. The molecule has 0 radical (unpaired) electrons. The quantitative estimate of drug-likeness (QED) is 0.493. The molecule has 0 aliphatic heterocycles. The van der Waals surface area contributed by atoms with Crippen molar-refractivity contribution in [3.63, 3.8) is 0 Å². The lowest BCUT2D eigenvalue weighted by Crippen LogP contribution is -2.23. The summed E-state index contributed by atoms with van der Waals surface area (Å²) in [5.74, 6) is -0.248. The molecule has 0 amide bonds. The van der Waals surface area contributed by atoms with Gasteiger partial charge in [-0.2, -0.15) is 0 Å². The Balaban J connectivity index is 2.02. The first-order valence-corrected chi connectivity index (χ1v) is 8.90. The number of fused-ring (bicyclic) bond motifs is 1. The van der Waals surface area contributed by atoms with Crippen LogP contribution in [0.1, 0.15) is 31.1 Å². The molecule has 1 aromatic heterocycles. The number of hydrogen-bond acceptors (Lipinski definition) is 3. The number of thioether (sulfide) groups is 1. The van der Waals surface area contributed by atoms with Crippen LogP contribution < -0.4 is 5.56 Å². The van der Waals surface area contributed by atoms with Crippen LogP contribution in [0.4, 0.5) is 4.39 Å². The third-order valence-corrected chi connectivity index (χ3v) is 5.04. The minimum absolute atomic E-state index is 0.00347. The van der Waals surface area contributed by atoms with Crippen molar-refractivity contribution < 1.29 is 4.39 Å². The van der Waals surface area contributed by atoms with E-state index >= 15 is 0 Å².